The quantitative estimate of drug-likeness (QED) is 0.875. The molecule has 0 spiro atoms. The minimum atomic E-state index is 0.0257. The summed E-state index contributed by atoms with van der Waals surface area (Å²) in [6.07, 6.45) is 5.71. The summed E-state index contributed by atoms with van der Waals surface area (Å²) in [6, 6.07) is 3.94. The first kappa shape index (κ1) is 15.7. The zero-order valence-corrected chi connectivity index (χ0v) is 13.3. The molecule has 0 atom stereocenters. The second-order valence-corrected chi connectivity index (χ2v) is 6.17. The van der Waals surface area contributed by atoms with Crippen LogP contribution in [0.1, 0.15) is 56.4 Å². The van der Waals surface area contributed by atoms with Gasteiger partial charge < -0.3 is 10.2 Å². The van der Waals surface area contributed by atoms with Crippen molar-refractivity contribution in [3.63, 3.8) is 0 Å². The largest absolute Gasteiger partial charge is 0.372 e. The number of nitrogens with zero attached hydrogens (tertiary/aromatic N) is 3. The van der Waals surface area contributed by atoms with Gasteiger partial charge in [-0.1, -0.05) is 26.7 Å². The van der Waals surface area contributed by atoms with Crippen LogP contribution in [0.4, 0.5) is 5.82 Å². The second-order valence-electron chi connectivity index (χ2n) is 6.17. The zero-order chi connectivity index (χ0) is 15.2. The lowest BCUT2D eigenvalue weighted by atomic mass is 10.1. The van der Waals surface area contributed by atoms with Crippen molar-refractivity contribution in [2.45, 2.75) is 52.0 Å². The molecule has 2 rings (SSSR count). The molecule has 0 unspecified atom stereocenters. The minimum absolute atomic E-state index is 0.0257. The SMILES string of the molecule is CNc1ccc(C(=O)N(CCC(C)C)C2CCCC2)nn1. The monoisotopic (exact) mass is 290 g/mol. The summed E-state index contributed by atoms with van der Waals surface area (Å²) in [4.78, 5) is 14.8. The third-order valence-electron chi connectivity index (χ3n) is 4.11. The molecule has 0 aliphatic heterocycles. The Bertz CT molecular complexity index is 452. The van der Waals surface area contributed by atoms with Gasteiger partial charge in [0.1, 0.15) is 5.82 Å². The number of aromatic nitrogens is 2. The van der Waals surface area contributed by atoms with Gasteiger partial charge in [0.25, 0.3) is 5.91 Å². The Balaban J connectivity index is 2.11. The Morgan fingerprint density at radius 3 is 2.57 bits per heavy atom. The molecule has 5 nitrogen and oxygen atoms in total. The third kappa shape index (κ3) is 4.16. The van der Waals surface area contributed by atoms with E-state index in [0.717, 1.165) is 25.8 Å². The summed E-state index contributed by atoms with van der Waals surface area (Å²) in [5.74, 6) is 1.30. The van der Waals surface area contributed by atoms with Crippen molar-refractivity contribution in [2.75, 3.05) is 18.9 Å². The summed E-state index contributed by atoms with van der Waals surface area (Å²) in [5.41, 5.74) is 0.449. The lowest BCUT2D eigenvalue weighted by Crippen LogP contribution is -2.40. The fraction of sp³-hybridized carbons (Fsp3) is 0.688. The van der Waals surface area contributed by atoms with Gasteiger partial charge >= 0.3 is 0 Å². The molecular formula is C16H26N4O. The van der Waals surface area contributed by atoms with Gasteiger partial charge in [0.15, 0.2) is 5.69 Å². The van der Waals surface area contributed by atoms with Crippen LogP contribution in [0.5, 0.6) is 0 Å². The first-order chi connectivity index (χ1) is 10.1. The first-order valence-electron chi connectivity index (χ1n) is 7.94. The van der Waals surface area contributed by atoms with E-state index in [1.54, 1.807) is 19.2 Å². The van der Waals surface area contributed by atoms with Crippen molar-refractivity contribution in [1.29, 1.82) is 0 Å². The van der Waals surface area contributed by atoms with Gasteiger partial charge in [-0.25, -0.2) is 0 Å². The van der Waals surface area contributed by atoms with Gasteiger partial charge in [-0.05, 0) is 37.3 Å². The van der Waals surface area contributed by atoms with Gasteiger partial charge in [0.2, 0.25) is 0 Å². The van der Waals surface area contributed by atoms with Crippen LogP contribution in [0.15, 0.2) is 12.1 Å². The van der Waals surface area contributed by atoms with Crippen LogP contribution >= 0.6 is 0 Å². The van der Waals surface area contributed by atoms with Crippen molar-refractivity contribution in [3.8, 4) is 0 Å². The van der Waals surface area contributed by atoms with E-state index in [1.165, 1.54) is 12.8 Å². The standard InChI is InChI=1S/C16H26N4O/c1-12(2)10-11-20(13-6-4-5-7-13)16(21)14-8-9-15(17-3)19-18-14/h8-9,12-13H,4-7,10-11H2,1-3H3,(H,17,19). The maximum atomic E-state index is 12.7. The smallest absolute Gasteiger partial charge is 0.274 e. The van der Waals surface area contributed by atoms with E-state index >= 15 is 0 Å². The van der Waals surface area contributed by atoms with E-state index in [0.29, 0.717) is 23.5 Å². The van der Waals surface area contributed by atoms with Gasteiger partial charge in [-0.3, -0.25) is 4.79 Å². The lowest BCUT2D eigenvalue weighted by molar-refractivity contribution is 0.0664. The predicted molar refractivity (Wildman–Crippen MR) is 84.3 cm³/mol. The van der Waals surface area contributed by atoms with Crippen LogP contribution in [0, 0.1) is 5.92 Å². The van der Waals surface area contributed by atoms with Gasteiger partial charge in [0.05, 0.1) is 0 Å². The Morgan fingerprint density at radius 2 is 2.05 bits per heavy atom. The predicted octanol–water partition coefficient (Wildman–Crippen LogP) is 2.95. The average molecular weight is 290 g/mol. The van der Waals surface area contributed by atoms with Crippen molar-refractivity contribution < 1.29 is 4.79 Å². The summed E-state index contributed by atoms with van der Waals surface area (Å²) < 4.78 is 0. The molecule has 0 aromatic carbocycles. The summed E-state index contributed by atoms with van der Waals surface area (Å²) in [6.45, 7) is 5.20. The van der Waals surface area contributed by atoms with Crippen LogP contribution in [-0.4, -0.2) is 40.6 Å². The molecule has 0 saturated heterocycles. The molecule has 1 amide bonds. The van der Waals surface area contributed by atoms with Gasteiger partial charge in [-0.2, -0.15) is 0 Å². The highest BCUT2D eigenvalue weighted by Gasteiger charge is 2.28. The Hall–Kier alpha value is -1.65. The highest BCUT2D eigenvalue weighted by molar-refractivity contribution is 5.92. The molecule has 1 aromatic heterocycles. The number of amides is 1. The van der Waals surface area contributed by atoms with E-state index < -0.39 is 0 Å². The molecule has 1 aliphatic carbocycles. The molecule has 1 aromatic rings. The van der Waals surface area contributed by atoms with Crippen molar-refractivity contribution in [1.82, 2.24) is 15.1 Å². The normalized spacial score (nSPS) is 15.4. The van der Waals surface area contributed by atoms with Crippen molar-refractivity contribution >= 4 is 11.7 Å². The highest BCUT2D eigenvalue weighted by atomic mass is 16.2. The van der Waals surface area contributed by atoms with E-state index in [2.05, 4.69) is 29.4 Å². The van der Waals surface area contributed by atoms with Crippen molar-refractivity contribution in [3.05, 3.63) is 17.8 Å². The van der Waals surface area contributed by atoms with E-state index in [9.17, 15) is 4.79 Å². The fourth-order valence-electron chi connectivity index (χ4n) is 2.79. The summed E-state index contributed by atoms with van der Waals surface area (Å²) in [7, 11) is 1.79. The molecule has 1 saturated carbocycles. The van der Waals surface area contributed by atoms with E-state index in [-0.39, 0.29) is 5.91 Å². The Kier molecular flexibility index (Phi) is 5.53. The van der Waals surface area contributed by atoms with Gasteiger partial charge in [-0.15, -0.1) is 10.2 Å². The van der Waals surface area contributed by atoms with Crippen LogP contribution in [0.2, 0.25) is 0 Å². The number of carbonyl (C=O) groups excluding carboxylic acids is 1. The van der Waals surface area contributed by atoms with E-state index in [1.807, 2.05) is 4.90 Å². The number of hydrogen-bond acceptors (Lipinski definition) is 4. The molecule has 1 heterocycles. The molecule has 1 aliphatic rings. The fourth-order valence-corrected chi connectivity index (χ4v) is 2.79. The first-order valence-corrected chi connectivity index (χ1v) is 7.94. The van der Waals surface area contributed by atoms with Crippen LogP contribution in [0.3, 0.4) is 0 Å². The number of rotatable bonds is 6. The number of nitrogens with one attached hydrogen (secondary N) is 1. The van der Waals surface area contributed by atoms with Crippen molar-refractivity contribution in [2.24, 2.45) is 5.92 Å². The second kappa shape index (κ2) is 7.38. The number of carbonyl (C=O) groups is 1. The molecule has 1 N–H and O–H groups in total. The molecule has 0 bridgehead atoms. The maximum absolute atomic E-state index is 12.7. The van der Waals surface area contributed by atoms with Gasteiger partial charge in [0, 0.05) is 19.6 Å². The molecular weight excluding hydrogens is 264 g/mol. The molecule has 116 valence electrons. The topological polar surface area (TPSA) is 58.1 Å². The van der Waals surface area contributed by atoms with Crippen LogP contribution in [0.25, 0.3) is 0 Å². The Labute approximate surface area is 127 Å². The van der Waals surface area contributed by atoms with E-state index in [4.69, 9.17) is 0 Å². The lowest BCUT2D eigenvalue weighted by Gasteiger charge is -2.29. The third-order valence-corrected chi connectivity index (χ3v) is 4.11. The molecule has 0 radical (unpaired) electrons. The average Bonchev–Trinajstić information content (AvgIpc) is 3.01. The molecule has 21 heavy (non-hydrogen) atoms. The number of hydrogen-bond donors (Lipinski definition) is 1. The Morgan fingerprint density at radius 1 is 1.33 bits per heavy atom. The number of anilines is 1. The highest BCUT2D eigenvalue weighted by Crippen LogP contribution is 2.25. The summed E-state index contributed by atoms with van der Waals surface area (Å²) >= 11 is 0. The minimum Gasteiger partial charge on any atom is -0.372 e. The summed E-state index contributed by atoms with van der Waals surface area (Å²) in [5, 5.41) is 11.0. The molecule has 5 heteroatoms. The van der Waals surface area contributed by atoms with Crippen LogP contribution < -0.4 is 5.32 Å². The maximum Gasteiger partial charge on any atom is 0.274 e. The van der Waals surface area contributed by atoms with Crippen LogP contribution in [-0.2, 0) is 0 Å². The zero-order valence-electron chi connectivity index (χ0n) is 13.3. The molecule has 1 fully saturated rings.